The Balaban J connectivity index is 1.40. The largest absolute Gasteiger partial charge is 0.490 e. The number of piperazine rings is 1. The summed E-state index contributed by atoms with van der Waals surface area (Å²) in [4.78, 5) is 31.9. The van der Waals surface area contributed by atoms with Crippen LogP contribution >= 0.6 is 0 Å². The molecule has 1 unspecified atom stereocenters. The number of anilines is 1. The molecule has 3 aromatic rings. The van der Waals surface area contributed by atoms with E-state index in [0.717, 1.165) is 11.3 Å². The molecule has 0 bridgehead atoms. The molecule has 1 aliphatic heterocycles. The lowest BCUT2D eigenvalue weighted by Crippen LogP contribution is -2.55. The molecule has 3 N–H and O–H groups in total. The van der Waals surface area contributed by atoms with Crippen molar-refractivity contribution in [3.05, 3.63) is 89.5 Å². The summed E-state index contributed by atoms with van der Waals surface area (Å²) in [6.07, 6.45) is 0. The summed E-state index contributed by atoms with van der Waals surface area (Å²) in [5, 5.41) is 9.37. The van der Waals surface area contributed by atoms with Gasteiger partial charge in [0, 0.05) is 50.1 Å². The van der Waals surface area contributed by atoms with Crippen molar-refractivity contribution >= 4 is 27.8 Å². The molecule has 1 fully saturated rings. The SMILES string of the molecule is COCCOc1ccc(C#Cc2ccc(N3CCN(S(=O)(=O)NC(C(=O)O)C(C)C)CC3)cc2)cc1C(=O)NOc1ccccc1. The predicted molar refractivity (Wildman–Crippen MR) is 173 cm³/mol. The number of amides is 1. The third-order valence-electron chi connectivity index (χ3n) is 7.14. The summed E-state index contributed by atoms with van der Waals surface area (Å²) in [5.74, 6) is 4.97. The average molecular weight is 651 g/mol. The molecular weight excluding hydrogens is 612 g/mol. The Labute approximate surface area is 269 Å². The first-order valence-corrected chi connectivity index (χ1v) is 16.2. The van der Waals surface area contributed by atoms with Crippen LogP contribution in [0.1, 0.15) is 35.3 Å². The Morgan fingerprint density at radius 1 is 0.913 bits per heavy atom. The van der Waals surface area contributed by atoms with Crippen molar-refractivity contribution in [1.82, 2.24) is 14.5 Å². The van der Waals surface area contributed by atoms with E-state index in [1.165, 1.54) is 4.31 Å². The van der Waals surface area contributed by atoms with Gasteiger partial charge in [-0.25, -0.2) is 0 Å². The van der Waals surface area contributed by atoms with E-state index in [0.29, 0.717) is 36.8 Å². The molecule has 1 aliphatic rings. The second kappa shape index (κ2) is 16.1. The van der Waals surface area contributed by atoms with Crippen LogP contribution in [-0.2, 0) is 19.7 Å². The van der Waals surface area contributed by atoms with Gasteiger partial charge < -0.3 is 24.3 Å². The molecule has 244 valence electrons. The number of benzene rings is 3. The van der Waals surface area contributed by atoms with Crippen LogP contribution in [0.15, 0.2) is 72.8 Å². The van der Waals surface area contributed by atoms with Crippen molar-refractivity contribution in [3.63, 3.8) is 0 Å². The Morgan fingerprint density at radius 3 is 2.20 bits per heavy atom. The normalized spacial score (nSPS) is 14.2. The van der Waals surface area contributed by atoms with E-state index >= 15 is 0 Å². The highest BCUT2D eigenvalue weighted by Crippen LogP contribution is 2.22. The number of hydroxylamine groups is 1. The van der Waals surface area contributed by atoms with Crippen molar-refractivity contribution in [2.45, 2.75) is 19.9 Å². The summed E-state index contributed by atoms with van der Waals surface area (Å²) < 4.78 is 40.0. The number of hydrogen-bond donors (Lipinski definition) is 3. The maximum Gasteiger partial charge on any atom is 0.322 e. The molecule has 1 amide bonds. The van der Waals surface area contributed by atoms with Gasteiger partial charge in [-0.2, -0.15) is 22.9 Å². The molecule has 0 aromatic heterocycles. The van der Waals surface area contributed by atoms with E-state index in [9.17, 15) is 23.1 Å². The highest BCUT2D eigenvalue weighted by atomic mass is 32.2. The van der Waals surface area contributed by atoms with E-state index in [4.69, 9.17) is 14.3 Å². The molecule has 3 aromatic carbocycles. The monoisotopic (exact) mass is 650 g/mol. The van der Waals surface area contributed by atoms with Crippen LogP contribution in [-0.4, -0.2) is 82.3 Å². The molecule has 4 rings (SSSR count). The molecule has 0 spiro atoms. The number of aliphatic carboxylic acids is 1. The lowest BCUT2D eigenvalue weighted by atomic mass is 10.1. The number of methoxy groups -OCH3 is 1. The van der Waals surface area contributed by atoms with Crippen LogP contribution in [0.25, 0.3) is 0 Å². The molecule has 1 heterocycles. The number of carbonyl (C=O) groups is 2. The van der Waals surface area contributed by atoms with Crippen molar-refractivity contribution < 1.29 is 37.4 Å². The molecule has 13 heteroatoms. The maximum absolute atomic E-state index is 13.0. The number of rotatable bonds is 13. The zero-order valence-corrected chi connectivity index (χ0v) is 26.7. The summed E-state index contributed by atoms with van der Waals surface area (Å²) >= 11 is 0. The van der Waals surface area contributed by atoms with Gasteiger partial charge in [-0.15, -0.1) is 0 Å². The van der Waals surface area contributed by atoms with E-state index < -0.39 is 34.0 Å². The van der Waals surface area contributed by atoms with Gasteiger partial charge in [0.05, 0.1) is 12.2 Å². The van der Waals surface area contributed by atoms with Crippen molar-refractivity contribution in [2.24, 2.45) is 5.92 Å². The predicted octanol–water partition coefficient (Wildman–Crippen LogP) is 2.90. The van der Waals surface area contributed by atoms with Crippen LogP contribution in [0, 0.1) is 17.8 Å². The quantitative estimate of drug-likeness (QED) is 0.144. The molecule has 46 heavy (non-hydrogen) atoms. The van der Waals surface area contributed by atoms with Gasteiger partial charge >= 0.3 is 5.97 Å². The average Bonchev–Trinajstić information content (AvgIpc) is 3.06. The van der Waals surface area contributed by atoms with Gasteiger partial charge in [-0.3, -0.25) is 9.59 Å². The molecular formula is C33H38N4O8S. The van der Waals surface area contributed by atoms with E-state index in [-0.39, 0.29) is 25.3 Å². The molecule has 12 nitrogen and oxygen atoms in total. The lowest BCUT2D eigenvalue weighted by Gasteiger charge is -2.36. The number of carboxylic acid groups (broad SMARTS) is 1. The second-order valence-electron chi connectivity index (χ2n) is 10.8. The molecule has 0 saturated carbocycles. The number of ether oxygens (including phenoxy) is 2. The van der Waals surface area contributed by atoms with E-state index in [1.54, 1.807) is 63.4 Å². The number of hydrogen-bond acceptors (Lipinski definition) is 8. The van der Waals surface area contributed by atoms with Crippen LogP contribution in [0.2, 0.25) is 0 Å². The van der Waals surface area contributed by atoms with Gasteiger partial charge in [-0.05, 0) is 60.5 Å². The Bertz CT molecular complexity index is 1650. The fourth-order valence-corrected chi connectivity index (χ4v) is 6.07. The zero-order chi connectivity index (χ0) is 33.1. The lowest BCUT2D eigenvalue weighted by molar-refractivity contribution is -0.140. The van der Waals surface area contributed by atoms with E-state index in [2.05, 4.69) is 26.9 Å². The Kier molecular flexibility index (Phi) is 12.0. The van der Waals surface area contributed by atoms with Crippen LogP contribution in [0.3, 0.4) is 0 Å². The highest BCUT2D eigenvalue weighted by Gasteiger charge is 2.33. The van der Waals surface area contributed by atoms with Gasteiger partial charge in [0.2, 0.25) is 0 Å². The van der Waals surface area contributed by atoms with Crippen LogP contribution in [0.4, 0.5) is 5.69 Å². The van der Waals surface area contributed by atoms with Crippen molar-refractivity contribution in [1.29, 1.82) is 0 Å². The maximum atomic E-state index is 13.0. The summed E-state index contributed by atoms with van der Waals surface area (Å²) in [5.41, 5.74) is 4.97. The van der Waals surface area contributed by atoms with E-state index in [1.807, 2.05) is 30.3 Å². The number of nitrogens with zero attached hydrogens (tertiary/aromatic N) is 2. The van der Waals surface area contributed by atoms with Gasteiger partial charge in [0.1, 0.15) is 18.4 Å². The Morgan fingerprint density at radius 2 is 1.57 bits per heavy atom. The fourth-order valence-electron chi connectivity index (χ4n) is 4.59. The minimum Gasteiger partial charge on any atom is -0.490 e. The topological polar surface area (TPSA) is 147 Å². The zero-order valence-electron chi connectivity index (χ0n) is 25.9. The minimum atomic E-state index is -3.94. The second-order valence-corrected chi connectivity index (χ2v) is 12.5. The molecule has 0 aliphatic carbocycles. The third kappa shape index (κ3) is 9.45. The first kappa shape index (κ1) is 34.3. The molecule has 0 radical (unpaired) electrons. The van der Waals surface area contributed by atoms with Crippen LogP contribution in [0.5, 0.6) is 11.5 Å². The number of carbonyl (C=O) groups excluding carboxylic acids is 1. The van der Waals surface area contributed by atoms with Crippen molar-refractivity contribution in [3.8, 4) is 23.3 Å². The summed E-state index contributed by atoms with van der Waals surface area (Å²) in [6.45, 7) is 5.27. The molecule has 1 saturated heterocycles. The van der Waals surface area contributed by atoms with Gasteiger partial charge in [-0.1, -0.05) is 43.9 Å². The third-order valence-corrected chi connectivity index (χ3v) is 8.74. The standard InChI is InChI=1S/C33H38N4O8S/c1-24(2)31(33(39)40)35-46(41,42)37-19-17-36(18-20-37)27-14-11-25(12-15-27)9-10-26-13-16-30(44-22-21-43-3)29(23-26)32(38)34-45-28-7-5-4-6-8-28/h4-8,11-16,23-24,31,35H,17-22H2,1-3H3,(H,34,38)(H,39,40). The number of carboxylic acids is 1. The Hall–Kier alpha value is -4.61. The van der Waals surface area contributed by atoms with Gasteiger partial charge in [0.15, 0.2) is 5.75 Å². The first-order valence-electron chi connectivity index (χ1n) is 14.7. The first-order chi connectivity index (χ1) is 22.1. The number of nitrogens with one attached hydrogen (secondary N) is 2. The summed E-state index contributed by atoms with van der Waals surface area (Å²) in [6, 6.07) is 20.3. The van der Waals surface area contributed by atoms with Gasteiger partial charge in [0.25, 0.3) is 16.1 Å². The highest BCUT2D eigenvalue weighted by molar-refractivity contribution is 7.87. The number of para-hydroxylation sites is 1. The fraction of sp³-hybridized carbons (Fsp3) is 0.333. The summed E-state index contributed by atoms with van der Waals surface area (Å²) in [7, 11) is -2.38. The van der Waals surface area contributed by atoms with Crippen molar-refractivity contribution in [2.75, 3.05) is 51.4 Å². The smallest absolute Gasteiger partial charge is 0.322 e. The minimum absolute atomic E-state index is 0.221. The van der Waals surface area contributed by atoms with Crippen LogP contribution < -0.4 is 24.7 Å². The molecule has 1 atom stereocenters.